The van der Waals surface area contributed by atoms with Gasteiger partial charge in [0.15, 0.2) is 5.65 Å². The Balaban J connectivity index is 1.28. The van der Waals surface area contributed by atoms with Crippen LogP contribution in [0.1, 0.15) is 51.1 Å². The van der Waals surface area contributed by atoms with Crippen LogP contribution in [0.3, 0.4) is 0 Å². The molecule has 2 atom stereocenters. The number of nitrogens with one attached hydrogen (secondary N) is 2. The molecule has 0 spiro atoms. The fourth-order valence-corrected chi connectivity index (χ4v) is 5.44. The summed E-state index contributed by atoms with van der Waals surface area (Å²) in [6.07, 6.45) is 10.9. The van der Waals surface area contributed by atoms with Crippen molar-refractivity contribution in [3.63, 3.8) is 0 Å². The van der Waals surface area contributed by atoms with Crippen LogP contribution in [-0.2, 0) is 0 Å². The molecule has 8 heteroatoms. The van der Waals surface area contributed by atoms with E-state index in [1.54, 1.807) is 0 Å². The molecule has 0 radical (unpaired) electrons. The van der Waals surface area contributed by atoms with Crippen molar-refractivity contribution in [2.45, 2.75) is 57.5 Å². The lowest BCUT2D eigenvalue weighted by atomic mass is 10.1. The van der Waals surface area contributed by atoms with Gasteiger partial charge in [-0.3, -0.25) is 4.40 Å². The average Bonchev–Trinajstić information content (AvgIpc) is 3.49. The first kappa shape index (κ1) is 20.4. The van der Waals surface area contributed by atoms with Crippen LogP contribution in [0.25, 0.3) is 16.7 Å². The monoisotopic (exact) mass is 442 g/mol. The van der Waals surface area contributed by atoms with Crippen LogP contribution in [0.4, 0.5) is 17.5 Å². The Bertz CT molecular complexity index is 1270. The maximum absolute atomic E-state index is 4.88. The number of hydrogen-bond acceptors (Lipinski definition) is 7. The smallest absolute Gasteiger partial charge is 0.230 e. The van der Waals surface area contributed by atoms with Crippen molar-refractivity contribution in [2.75, 3.05) is 23.3 Å². The van der Waals surface area contributed by atoms with E-state index in [0.29, 0.717) is 23.9 Å². The van der Waals surface area contributed by atoms with E-state index in [4.69, 9.17) is 4.98 Å². The molecule has 1 aliphatic carbocycles. The second kappa shape index (κ2) is 8.26. The first-order valence-electron chi connectivity index (χ1n) is 12.0. The van der Waals surface area contributed by atoms with Gasteiger partial charge in [-0.1, -0.05) is 12.8 Å². The molecule has 2 fully saturated rings. The summed E-state index contributed by atoms with van der Waals surface area (Å²) in [7, 11) is 0. The predicted octanol–water partition coefficient (Wildman–Crippen LogP) is 4.26. The van der Waals surface area contributed by atoms with Gasteiger partial charge >= 0.3 is 0 Å². The molecule has 0 bridgehead atoms. The molecule has 5 heterocycles. The highest BCUT2D eigenvalue weighted by Crippen LogP contribution is 2.35. The number of nitrogens with zero attached hydrogens (tertiary/aromatic N) is 6. The minimum atomic E-state index is 0.465. The van der Waals surface area contributed by atoms with E-state index in [2.05, 4.69) is 60.9 Å². The third kappa shape index (κ3) is 3.88. The van der Waals surface area contributed by atoms with Crippen LogP contribution < -0.4 is 15.5 Å². The maximum Gasteiger partial charge on any atom is 0.230 e. The predicted molar refractivity (Wildman–Crippen MR) is 131 cm³/mol. The van der Waals surface area contributed by atoms with Gasteiger partial charge in [0.25, 0.3) is 0 Å². The van der Waals surface area contributed by atoms with Crippen LogP contribution >= 0.6 is 0 Å². The van der Waals surface area contributed by atoms with E-state index < -0.39 is 0 Å². The van der Waals surface area contributed by atoms with Gasteiger partial charge in [-0.15, -0.1) is 0 Å². The molecule has 2 aliphatic rings. The van der Waals surface area contributed by atoms with Gasteiger partial charge in [0.1, 0.15) is 11.5 Å². The average molecular weight is 443 g/mol. The van der Waals surface area contributed by atoms with Gasteiger partial charge in [0.05, 0.1) is 11.9 Å². The zero-order valence-electron chi connectivity index (χ0n) is 19.2. The molecule has 4 aromatic heterocycles. The molecular weight excluding hydrogens is 412 g/mol. The summed E-state index contributed by atoms with van der Waals surface area (Å²) in [4.78, 5) is 21.1. The Hall–Kier alpha value is -3.26. The number of fused-ring (bicyclic) bond motifs is 3. The SMILES string of the molecule is C[C@@H]1CN(c2ccc(Nc3ncc4ccc5ncc(C6CCCC6)n5c4n3)nc2)C[C@H](C)N1. The molecule has 6 rings (SSSR count). The van der Waals surface area contributed by atoms with Crippen LogP contribution in [0.2, 0.25) is 0 Å². The Morgan fingerprint density at radius 2 is 1.73 bits per heavy atom. The molecule has 170 valence electrons. The van der Waals surface area contributed by atoms with Gasteiger partial charge in [-0.05, 0) is 51.0 Å². The van der Waals surface area contributed by atoms with Gasteiger partial charge in [0.2, 0.25) is 5.95 Å². The van der Waals surface area contributed by atoms with Gasteiger partial charge in [-0.2, -0.15) is 4.98 Å². The molecule has 1 aliphatic heterocycles. The first-order chi connectivity index (χ1) is 16.1. The Labute approximate surface area is 193 Å². The van der Waals surface area contributed by atoms with Crippen LogP contribution in [0.15, 0.2) is 42.9 Å². The number of piperazine rings is 1. The second-order valence-electron chi connectivity index (χ2n) is 9.56. The fourth-order valence-electron chi connectivity index (χ4n) is 5.44. The lowest BCUT2D eigenvalue weighted by Crippen LogP contribution is -2.54. The third-order valence-corrected chi connectivity index (χ3v) is 6.92. The highest BCUT2D eigenvalue weighted by atomic mass is 15.2. The van der Waals surface area contributed by atoms with Crippen molar-refractivity contribution in [3.8, 4) is 0 Å². The summed E-state index contributed by atoms with van der Waals surface area (Å²) >= 11 is 0. The summed E-state index contributed by atoms with van der Waals surface area (Å²) in [5, 5.41) is 7.87. The van der Waals surface area contributed by atoms with Crippen molar-refractivity contribution < 1.29 is 0 Å². The van der Waals surface area contributed by atoms with Crippen molar-refractivity contribution in [3.05, 3.63) is 48.5 Å². The first-order valence-corrected chi connectivity index (χ1v) is 12.0. The van der Waals surface area contributed by atoms with E-state index in [1.165, 1.54) is 31.4 Å². The van der Waals surface area contributed by atoms with E-state index in [1.807, 2.05) is 30.7 Å². The van der Waals surface area contributed by atoms with Crippen LogP contribution in [0.5, 0.6) is 0 Å². The molecule has 1 saturated heterocycles. The van der Waals surface area contributed by atoms with Crippen molar-refractivity contribution in [2.24, 2.45) is 0 Å². The third-order valence-electron chi connectivity index (χ3n) is 6.92. The standard InChI is InChI=1S/C25H30N8/c1-16-14-32(15-17(2)29-16)20-8-9-22(26-12-20)30-25-28-11-19-7-10-23-27-13-21(18-5-3-4-6-18)33(23)24(19)31-25/h7-13,16-18,29H,3-6,14-15H2,1-2H3,(H,26,28,30,31)/t16-,17+. The van der Waals surface area contributed by atoms with Crippen LogP contribution in [-0.4, -0.2) is 49.5 Å². The number of hydrogen-bond donors (Lipinski definition) is 2. The zero-order chi connectivity index (χ0) is 22.4. The van der Waals surface area contributed by atoms with Crippen molar-refractivity contribution in [1.29, 1.82) is 0 Å². The largest absolute Gasteiger partial charge is 0.367 e. The molecule has 8 nitrogen and oxygen atoms in total. The number of imidazole rings is 1. The van der Waals surface area contributed by atoms with Crippen molar-refractivity contribution >= 4 is 34.1 Å². The minimum absolute atomic E-state index is 0.465. The molecule has 33 heavy (non-hydrogen) atoms. The summed E-state index contributed by atoms with van der Waals surface area (Å²) in [5.74, 6) is 1.84. The summed E-state index contributed by atoms with van der Waals surface area (Å²) < 4.78 is 2.21. The molecule has 0 amide bonds. The van der Waals surface area contributed by atoms with E-state index >= 15 is 0 Å². The zero-order valence-corrected chi connectivity index (χ0v) is 19.2. The second-order valence-corrected chi connectivity index (χ2v) is 9.56. The fraction of sp³-hybridized carbons (Fsp3) is 0.440. The summed E-state index contributed by atoms with van der Waals surface area (Å²) in [6, 6.07) is 9.14. The lowest BCUT2D eigenvalue weighted by Gasteiger charge is -2.37. The number of pyridine rings is 2. The maximum atomic E-state index is 4.88. The lowest BCUT2D eigenvalue weighted by molar-refractivity contribution is 0.407. The summed E-state index contributed by atoms with van der Waals surface area (Å²) in [6.45, 7) is 6.41. The van der Waals surface area contributed by atoms with Gasteiger partial charge in [0, 0.05) is 54.6 Å². The molecule has 0 aromatic carbocycles. The van der Waals surface area contributed by atoms with E-state index in [9.17, 15) is 0 Å². The highest BCUT2D eigenvalue weighted by Gasteiger charge is 2.23. The molecule has 0 unspecified atom stereocenters. The Kier molecular flexibility index (Phi) is 5.10. The van der Waals surface area contributed by atoms with Crippen molar-refractivity contribution in [1.82, 2.24) is 29.7 Å². The highest BCUT2D eigenvalue weighted by molar-refractivity contribution is 5.79. The quantitative estimate of drug-likeness (QED) is 0.489. The topological polar surface area (TPSA) is 83.3 Å². The molecular formula is C25H30N8. The Morgan fingerprint density at radius 1 is 0.909 bits per heavy atom. The summed E-state index contributed by atoms with van der Waals surface area (Å²) in [5.41, 5.74) is 4.24. The number of anilines is 3. The van der Waals surface area contributed by atoms with E-state index in [-0.39, 0.29) is 0 Å². The van der Waals surface area contributed by atoms with E-state index in [0.717, 1.165) is 41.3 Å². The minimum Gasteiger partial charge on any atom is -0.367 e. The molecule has 2 N–H and O–H groups in total. The van der Waals surface area contributed by atoms with Gasteiger partial charge in [-0.25, -0.2) is 15.0 Å². The molecule has 1 saturated carbocycles. The number of aromatic nitrogens is 5. The normalized spacial score (nSPS) is 21.8. The molecule has 4 aromatic rings. The Morgan fingerprint density at radius 3 is 2.48 bits per heavy atom. The number of rotatable bonds is 4. The van der Waals surface area contributed by atoms with Crippen LogP contribution in [0, 0.1) is 0 Å². The van der Waals surface area contributed by atoms with Gasteiger partial charge < -0.3 is 15.5 Å².